The Hall–Kier alpha value is -1.24. The molecule has 0 bridgehead atoms. The van der Waals surface area contributed by atoms with Crippen molar-refractivity contribution in [3.05, 3.63) is 42.5 Å². The maximum absolute atomic E-state index is 5.41. The van der Waals surface area contributed by atoms with Crippen LogP contribution in [0.4, 0.5) is 0 Å². The van der Waals surface area contributed by atoms with E-state index in [1.54, 1.807) is 0 Å². The highest BCUT2D eigenvalue weighted by atomic mass is 16.5. The topological polar surface area (TPSA) is 9.23 Å². The Balaban J connectivity index is 2.20. The molecule has 0 fully saturated rings. The first-order chi connectivity index (χ1) is 6.43. The molecule has 1 aromatic rings. The molecule has 0 saturated heterocycles. The number of para-hydroxylation sites is 1. The van der Waals surface area contributed by atoms with E-state index >= 15 is 0 Å². The molecule has 0 aliphatic heterocycles. The number of rotatable bonds is 5. The summed E-state index contributed by atoms with van der Waals surface area (Å²) >= 11 is 0. The molecule has 1 heteroatoms. The Kier molecular flexibility index (Phi) is 4.77. The highest BCUT2D eigenvalue weighted by molar-refractivity contribution is 5.19. The fourth-order valence-corrected chi connectivity index (χ4v) is 0.957. The van der Waals surface area contributed by atoms with Gasteiger partial charge in [-0.1, -0.05) is 43.7 Å². The molecule has 0 unspecified atom stereocenters. The van der Waals surface area contributed by atoms with Gasteiger partial charge in [0.2, 0.25) is 0 Å². The second kappa shape index (κ2) is 6.30. The first kappa shape index (κ1) is 9.85. The Bertz CT molecular complexity index is 239. The minimum Gasteiger partial charge on any atom is -0.489 e. The molecule has 1 rings (SSSR count). The van der Waals surface area contributed by atoms with Crippen LogP contribution in [0.5, 0.6) is 5.75 Å². The fourth-order valence-electron chi connectivity index (χ4n) is 0.957. The third-order valence-electron chi connectivity index (χ3n) is 1.64. The van der Waals surface area contributed by atoms with Gasteiger partial charge in [0.05, 0.1) is 0 Å². The van der Waals surface area contributed by atoms with Crippen LogP contribution in [-0.2, 0) is 0 Å². The van der Waals surface area contributed by atoms with Gasteiger partial charge in [-0.05, 0) is 12.5 Å². The van der Waals surface area contributed by atoms with E-state index in [0.29, 0.717) is 6.61 Å². The van der Waals surface area contributed by atoms with Crippen molar-refractivity contribution >= 4 is 0 Å². The number of hydrogen-bond acceptors (Lipinski definition) is 1. The number of allylic oxidation sites excluding steroid dienone is 1. The van der Waals surface area contributed by atoms with Gasteiger partial charge in [-0.25, -0.2) is 0 Å². The number of benzene rings is 1. The van der Waals surface area contributed by atoms with E-state index in [4.69, 9.17) is 4.74 Å². The van der Waals surface area contributed by atoms with Crippen LogP contribution in [0.15, 0.2) is 36.4 Å². The molecule has 0 N–H and O–H groups in total. The summed E-state index contributed by atoms with van der Waals surface area (Å²) in [5, 5.41) is 0. The largest absolute Gasteiger partial charge is 0.489 e. The summed E-state index contributed by atoms with van der Waals surface area (Å²) in [6.45, 7) is 2.80. The zero-order valence-corrected chi connectivity index (χ0v) is 7.99. The van der Waals surface area contributed by atoms with E-state index in [1.165, 1.54) is 6.42 Å². The molecule has 69 valence electrons. The summed E-state index contributed by atoms with van der Waals surface area (Å²) in [6.07, 6.45) is 6.50. The maximum atomic E-state index is 5.41. The summed E-state index contributed by atoms with van der Waals surface area (Å²) in [6, 6.07) is 10.6. The average Bonchev–Trinajstić information content (AvgIpc) is 2.19. The summed E-state index contributed by atoms with van der Waals surface area (Å²) in [5.74, 6) is 0.809. The second-order valence-corrected chi connectivity index (χ2v) is 2.80. The Morgan fingerprint density at radius 2 is 2.31 bits per heavy atom. The van der Waals surface area contributed by atoms with Gasteiger partial charge in [-0.15, -0.1) is 0 Å². The minimum atomic E-state index is 0.639. The molecular formula is C12H15O. The van der Waals surface area contributed by atoms with Crippen molar-refractivity contribution in [3.63, 3.8) is 0 Å². The highest BCUT2D eigenvalue weighted by Gasteiger charge is 1.87. The molecule has 0 atom stereocenters. The van der Waals surface area contributed by atoms with E-state index < -0.39 is 0 Å². The first-order valence-electron chi connectivity index (χ1n) is 4.68. The average molecular weight is 175 g/mol. The van der Waals surface area contributed by atoms with Crippen LogP contribution in [0.3, 0.4) is 0 Å². The van der Waals surface area contributed by atoms with E-state index in [2.05, 4.69) is 19.1 Å². The summed E-state index contributed by atoms with van der Waals surface area (Å²) in [4.78, 5) is 0. The van der Waals surface area contributed by atoms with E-state index in [9.17, 15) is 0 Å². The van der Waals surface area contributed by atoms with E-state index in [-0.39, 0.29) is 0 Å². The molecule has 0 amide bonds. The van der Waals surface area contributed by atoms with Gasteiger partial charge >= 0.3 is 0 Å². The van der Waals surface area contributed by atoms with Crippen molar-refractivity contribution in [3.8, 4) is 5.75 Å². The van der Waals surface area contributed by atoms with Crippen LogP contribution in [0.1, 0.15) is 19.8 Å². The van der Waals surface area contributed by atoms with E-state index in [0.717, 1.165) is 12.2 Å². The van der Waals surface area contributed by atoms with E-state index in [1.807, 2.05) is 30.3 Å². The molecule has 0 spiro atoms. The van der Waals surface area contributed by atoms with Crippen molar-refractivity contribution in [1.29, 1.82) is 0 Å². The van der Waals surface area contributed by atoms with Crippen molar-refractivity contribution in [1.82, 2.24) is 0 Å². The Labute approximate surface area is 80.0 Å². The smallest absolute Gasteiger partial charge is 0.127 e. The van der Waals surface area contributed by atoms with Crippen LogP contribution in [0.25, 0.3) is 0 Å². The molecule has 1 aromatic carbocycles. The second-order valence-electron chi connectivity index (χ2n) is 2.80. The normalized spacial score (nSPS) is 10.5. The standard InChI is InChI=1S/C12H15O/c1-2-3-4-8-11-13-12-9-6-5-7-10-12/h4-9H,2-3,11H2,1H3. The third-order valence-corrected chi connectivity index (χ3v) is 1.64. The highest BCUT2D eigenvalue weighted by Crippen LogP contribution is 2.06. The molecule has 0 aliphatic rings. The molecular weight excluding hydrogens is 160 g/mol. The molecule has 13 heavy (non-hydrogen) atoms. The van der Waals surface area contributed by atoms with Crippen molar-refractivity contribution in [2.75, 3.05) is 6.61 Å². The predicted octanol–water partition coefficient (Wildman–Crippen LogP) is 3.22. The van der Waals surface area contributed by atoms with Crippen molar-refractivity contribution in [2.24, 2.45) is 0 Å². The molecule has 1 radical (unpaired) electrons. The van der Waals surface area contributed by atoms with Crippen LogP contribution < -0.4 is 4.74 Å². The van der Waals surface area contributed by atoms with Gasteiger partial charge < -0.3 is 4.74 Å². The lowest BCUT2D eigenvalue weighted by molar-refractivity contribution is 0.361. The van der Waals surface area contributed by atoms with Gasteiger partial charge in [-0.3, -0.25) is 0 Å². The number of hydrogen-bond donors (Lipinski definition) is 0. The quantitative estimate of drug-likeness (QED) is 0.624. The van der Waals surface area contributed by atoms with Crippen LogP contribution >= 0.6 is 0 Å². The minimum absolute atomic E-state index is 0.639. The zero-order valence-electron chi connectivity index (χ0n) is 7.99. The number of ether oxygens (including phenoxy) is 1. The summed E-state index contributed by atoms with van der Waals surface area (Å²) in [5.41, 5.74) is 0. The van der Waals surface area contributed by atoms with Gasteiger partial charge in [0.15, 0.2) is 0 Å². The Morgan fingerprint density at radius 3 is 3.00 bits per heavy atom. The van der Waals surface area contributed by atoms with Crippen LogP contribution in [-0.4, -0.2) is 6.61 Å². The fraction of sp³-hybridized carbons (Fsp3) is 0.333. The van der Waals surface area contributed by atoms with Gasteiger partial charge in [0.25, 0.3) is 0 Å². The van der Waals surface area contributed by atoms with Crippen LogP contribution in [0.2, 0.25) is 0 Å². The van der Waals surface area contributed by atoms with Gasteiger partial charge in [0.1, 0.15) is 12.4 Å². The molecule has 0 aliphatic carbocycles. The lowest BCUT2D eigenvalue weighted by Crippen LogP contribution is -1.92. The third kappa shape index (κ3) is 4.36. The molecule has 0 aromatic heterocycles. The monoisotopic (exact) mass is 175 g/mol. The van der Waals surface area contributed by atoms with Gasteiger partial charge in [0, 0.05) is 6.07 Å². The molecule has 1 nitrogen and oxygen atoms in total. The van der Waals surface area contributed by atoms with Crippen LogP contribution in [0, 0.1) is 6.07 Å². The SMILES string of the molecule is CCCC=CCOc1[c]cccc1. The zero-order chi connectivity index (χ0) is 9.36. The lowest BCUT2D eigenvalue weighted by atomic mass is 10.3. The summed E-state index contributed by atoms with van der Waals surface area (Å²) < 4.78 is 5.41. The van der Waals surface area contributed by atoms with Crippen molar-refractivity contribution < 1.29 is 4.74 Å². The predicted molar refractivity (Wildman–Crippen MR) is 54.8 cm³/mol. The molecule has 0 heterocycles. The lowest BCUT2D eigenvalue weighted by Gasteiger charge is -2.00. The number of unbranched alkanes of at least 4 members (excludes halogenated alkanes) is 1. The van der Waals surface area contributed by atoms with Crippen molar-refractivity contribution in [2.45, 2.75) is 19.8 Å². The molecule has 0 saturated carbocycles. The first-order valence-corrected chi connectivity index (χ1v) is 4.68. The van der Waals surface area contributed by atoms with Gasteiger partial charge in [-0.2, -0.15) is 0 Å². The maximum Gasteiger partial charge on any atom is 0.127 e. The Morgan fingerprint density at radius 1 is 1.38 bits per heavy atom. The summed E-state index contributed by atoms with van der Waals surface area (Å²) in [7, 11) is 0.